The Morgan fingerprint density at radius 2 is 2.17 bits per heavy atom. The first kappa shape index (κ1) is 13.6. The molecule has 1 fully saturated rings. The summed E-state index contributed by atoms with van der Waals surface area (Å²) in [6, 6.07) is 0.595. The molecule has 3 heteroatoms. The molecule has 1 saturated carbocycles. The standard InChI is InChI=1S/C15H27N3/c1-12(2)9-16-8-4-5-14-10-17-18(11-14)13(3)15-6-7-15/h10-13,15-16H,4-9H2,1-3H3. The summed E-state index contributed by atoms with van der Waals surface area (Å²) >= 11 is 0. The van der Waals surface area contributed by atoms with Gasteiger partial charge in [-0.3, -0.25) is 4.68 Å². The summed E-state index contributed by atoms with van der Waals surface area (Å²) < 4.78 is 2.16. The highest BCUT2D eigenvalue weighted by molar-refractivity contribution is 5.05. The van der Waals surface area contributed by atoms with Crippen LogP contribution in [0.3, 0.4) is 0 Å². The van der Waals surface area contributed by atoms with Gasteiger partial charge in [-0.25, -0.2) is 0 Å². The minimum absolute atomic E-state index is 0.595. The number of nitrogens with one attached hydrogen (secondary N) is 1. The molecule has 1 heterocycles. The van der Waals surface area contributed by atoms with Crippen molar-refractivity contribution in [3.63, 3.8) is 0 Å². The van der Waals surface area contributed by atoms with E-state index in [0.717, 1.165) is 31.3 Å². The van der Waals surface area contributed by atoms with Crippen LogP contribution in [0.2, 0.25) is 0 Å². The Hall–Kier alpha value is -0.830. The zero-order valence-corrected chi connectivity index (χ0v) is 12.0. The Labute approximate surface area is 111 Å². The van der Waals surface area contributed by atoms with E-state index >= 15 is 0 Å². The topological polar surface area (TPSA) is 29.9 Å². The molecule has 1 unspecified atom stereocenters. The molecule has 18 heavy (non-hydrogen) atoms. The third-order valence-corrected chi connectivity index (χ3v) is 3.75. The fourth-order valence-electron chi connectivity index (χ4n) is 2.33. The number of hydrogen-bond acceptors (Lipinski definition) is 2. The minimum Gasteiger partial charge on any atom is -0.316 e. The van der Waals surface area contributed by atoms with E-state index in [1.807, 2.05) is 6.20 Å². The van der Waals surface area contributed by atoms with Crippen molar-refractivity contribution in [2.45, 2.75) is 52.5 Å². The Bertz CT molecular complexity index is 352. The van der Waals surface area contributed by atoms with E-state index < -0.39 is 0 Å². The second-order valence-corrected chi connectivity index (χ2v) is 6.11. The molecule has 1 aromatic rings. The van der Waals surface area contributed by atoms with E-state index in [1.165, 1.54) is 24.8 Å². The van der Waals surface area contributed by atoms with Crippen LogP contribution in [-0.4, -0.2) is 22.9 Å². The van der Waals surface area contributed by atoms with E-state index in [2.05, 4.69) is 42.1 Å². The van der Waals surface area contributed by atoms with E-state index in [1.54, 1.807) is 0 Å². The molecule has 0 radical (unpaired) electrons. The van der Waals surface area contributed by atoms with Gasteiger partial charge in [-0.1, -0.05) is 13.8 Å². The van der Waals surface area contributed by atoms with Gasteiger partial charge in [0.2, 0.25) is 0 Å². The van der Waals surface area contributed by atoms with Crippen LogP contribution in [-0.2, 0) is 6.42 Å². The first-order valence-electron chi connectivity index (χ1n) is 7.40. The highest BCUT2D eigenvalue weighted by Crippen LogP contribution is 2.39. The van der Waals surface area contributed by atoms with Gasteiger partial charge >= 0.3 is 0 Å². The van der Waals surface area contributed by atoms with Crippen LogP contribution in [0, 0.1) is 11.8 Å². The van der Waals surface area contributed by atoms with Gasteiger partial charge < -0.3 is 5.32 Å². The molecule has 1 atom stereocenters. The SMILES string of the molecule is CC(C)CNCCCc1cnn(C(C)C2CC2)c1. The predicted molar refractivity (Wildman–Crippen MR) is 75.7 cm³/mol. The van der Waals surface area contributed by atoms with Crippen LogP contribution in [0.1, 0.15) is 51.6 Å². The number of aryl methyl sites for hydroxylation is 1. The maximum atomic E-state index is 4.50. The lowest BCUT2D eigenvalue weighted by Gasteiger charge is -2.09. The van der Waals surface area contributed by atoms with Crippen LogP contribution in [0.5, 0.6) is 0 Å². The summed E-state index contributed by atoms with van der Waals surface area (Å²) in [4.78, 5) is 0. The minimum atomic E-state index is 0.595. The molecule has 1 aliphatic rings. The van der Waals surface area contributed by atoms with Gasteiger partial charge in [0.15, 0.2) is 0 Å². The molecule has 0 aliphatic heterocycles. The third kappa shape index (κ3) is 4.13. The second kappa shape index (κ2) is 6.37. The Balaban J connectivity index is 1.67. The first-order valence-corrected chi connectivity index (χ1v) is 7.40. The summed E-state index contributed by atoms with van der Waals surface area (Å²) in [7, 11) is 0. The van der Waals surface area contributed by atoms with Crippen molar-refractivity contribution >= 4 is 0 Å². The molecule has 0 aromatic carbocycles. The molecule has 1 aliphatic carbocycles. The van der Waals surface area contributed by atoms with Crippen LogP contribution >= 0.6 is 0 Å². The molecule has 102 valence electrons. The van der Waals surface area contributed by atoms with Gasteiger partial charge in [0, 0.05) is 6.20 Å². The normalized spacial score (nSPS) is 17.3. The zero-order chi connectivity index (χ0) is 13.0. The fraction of sp³-hybridized carbons (Fsp3) is 0.800. The first-order chi connectivity index (χ1) is 8.66. The van der Waals surface area contributed by atoms with Gasteiger partial charge in [-0.05, 0) is 63.1 Å². The van der Waals surface area contributed by atoms with Crippen molar-refractivity contribution in [3.8, 4) is 0 Å². The Kier molecular flexibility index (Phi) is 4.81. The van der Waals surface area contributed by atoms with Crippen molar-refractivity contribution in [2.24, 2.45) is 11.8 Å². The number of nitrogens with zero attached hydrogens (tertiary/aromatic N) is 2. The molecular formula is C15H27N3. The predicted octanol–water partition coefficient (Wildman–Crippen LogP) is 3.03. The smallest absolute Gasteiger partial charge is 0.0521 e. The van der Waals surface area contributed by atoms with Crippen molar-refractivity contribution in [1.82, 2.24) is 15.1 Å². The monoisotopic (exact) mass is 249 g/mol. The van der Waals surface area contributed by atoms with Crippen LogP contribution < -0.4 is 5.32 Å². The highest BCUT2D eigenvalue weighted by atomic mass is 15.3. The van der Waals surface area contributed by atoms with Gasteiger partial charge in [0.25, 0.3) is 0 Å². The second-order valence-electron chi connectivity index (χ2n) is 6.11. The molecule has 1 N–H and O–H groups in total. The van der Waals surface area contributed by atoms with Crippen molar-refractivity contribution in [3.05, 3.63) is 18.0 Å². The lowest BCUT2D eigenvalue weighted by molar-refractivity contribution is 0.439. The third-order valence-electron chi connectivity index (χ3n) is 3.75. The maximum Gasteiger partial charge on any atom is 0.0521 e. The summed E-state index contributed by atoms with van der Waals surface area (Å²) in [6.07, 6.45) is 9.40. The molecule has 2 rings (SSSR count). The molecule has 3 nitrogen and oxygen atoms in total. The van der Waals surface area contributed by atoms with Crippen LogP contribution in [0.4, 0.5) is 0 Å². The number of rotatable bonds is 8. The van der Waals surface area contributed by atoms with Crippen molar-refractivity contribution < 1.29 is 0 Å². The average Bonchev–Trinajstić information content (AvgIpc) is 3.07. The lowest BCUT2D eigenvalue weighted by atomic mass is 10.2. The largest absolute Gasteiger partial charge is 0.316 e. The van der Waals surface area contributed by atoms with Crippen LogP contribution in [0.25, 0.3) is 0 Å². The Morgan fingerprint density at radius 1 is 1.39 bits per heavy atom. The highest BCUT2D eigenvalue weighted by Gasteiger charge is 2.29. The molecule has 0 bridgehead atoms. The van der Waals surface area contributed by atoms with E-state index in [9.17, 15) is 0 Å². The Morgan fingerprint density at radius 3 is 2.83 bits per heavy atom. The average molecular weight is 249 g/mol. The quantitative estimate of drug-likeness (QED) is 0.718. The summed E-state index contributed by atoms with van der Waals surface area (Å²) in [5.41, 5.74) is 1.38. The van der Waals surface area contributed by atoms with Crippen molar-refractivity contribution in [1.29, 1.82) is 0 Å². The molecular weight excluding hydrogens is 222 g/mol. The fourth-order valence-corrected chi connectivity index (χ4v) is 2.33. The number of hydrogen-bond donors (Lipinski definition) is 1. The van der Waals surface area contributed by atoms with E-state index in [-0.39, 0.29) is 0 Å². The van der Waals surface area contributed by atoms with Gasteiger partial charge in [0.05, 0.1) is 12.2 Å². The summed E-state index contributed by atoms with van der Waals surface area (Å²) in [5.74, 6) is 1.62. The van der Waals surface area contributed by atoms with Crippen LogP contribution in [0.15, 0.2) is 12.4 Å². The summed E-state index contributed by atoms with van der Waals surface area (Å²) in [5, 5.41) is 7.99. The maximum absolute atomic E-state index is 4.50. The van der Waals surface area contributed by atoms with Gasteiger partial charge in [0.1, 0.15) is 0 Å². The molecule has 0 spiro atoms. The zero-order valence-electron chi connectivity index (χ0n) is 12.0. The summed E-state index contributed by atoms with van der Waals surface area (Å²) in [6.45, 7) is 9.02. The molecule has 0 amide bonds. The van der Waals surface area contributed by atoms with Gasteiger partial charge in [-0.15, -0.1) is 0 Å². The molecule has 1 aromatic heterocycles. The number of aromatic nitrogens is 2. The van der Waals surface area contributed by atoms with E-state index in [4.69, 9.17) is 0 Å². The molecule has 0 saturated heterocycles. The van der Waals surface area contributed by atoms with E-state index in [0.29, 0.717) is 6.04 Å². The lowest BCUT2D eigenvalue weighted by Crippen LogP contribution is -2.21. The van der Waals surface area contributed by atoms with Gasteiger partial charge in [-0.2, -0.15) is 5.10 Å². The van der Waals surface area contributed by atoms with Crippen molar-refractivity contribution in [2.75, 3.05) is 13.1 Å².